The van der Waals surface area contributed by atoms with E-state index in [2.05, 4.69) is 15.8 Å². The fourth-order valence-electron chi connectivity index (χ4n) is 2.30. The highest BCUT2D eigenvalue weighted by Crippen LogP contribution is 2.38. The van der Waals surface area contributed by atoms with Crippen molar-refractivity contribution in [3.05, 3.63) is 45.9 Å². The van der Waals surface area contributed by atoms with Gasteiger partial charge in [-0.1, -0.05) is 18.2 Å². The Morgan fingerprint density at radius 3 is 3.20 bits per heavy atom. The number of fused-ring (bicyclic) bond motifs is 1. The number of hydrogen-bond donors (Lipinski definition) is 0. The second-order valence-corrected chi connectivity index (χ2v) is 5.54. The van der Waals surface area contributed by atoms with E-state index in [4.69, 9.17) is 4.74 Å². The summed E-state index contributed by atoms with van der Waals surface area (Å²) in [6.07, 6.45) is 0.996. The van der Waals surface area contributed by atoms with Crippen LogP contribution in [0.3, 0.4) is 0 Å². The lowest BCUT2D eigenvalue weighted by Gasteiger charge is -2.03. The molecule has 1 aliphatic rings. The van der Waals surface area contributed by atoms with E-state index in [1.165, 1.54) is 12.7 Å². The Hall–Kier alpha value is -1.88. The molecule has 1 aromatic heterocycles. The van der Waals surface area contributed by atoms with Crippen LogP contribution in [0.4, 0.5) is 0 Å². The minimum atomic E-state index is -0.200. The Labute approximate surface area is 121 Å². The van der Waals surface area contributed by atoms with Crippen molar-refractivity contribution in [3.8, 4) is 5.75 Å². The molecule has 104 valence electrons. The number of carbonyl (C=O) groups excluding carboxylic acids is 1. The minimum absolute atomic E-state index is 0.200. The average Bonchev–Trinajstić information content (AvgIpc) is 3.10. The Balaban J connectivity index is 1.73. The number of rotatable bonds is 4. The number of thiazole rings is 1. The number of para-hydroxylation sites is 1. The molecule has 0 bridgehead atoms. The Morgan fingerprint density at radius 1 is 1.50 bits per heavy atom. The Bertz CT molecular complexity index is 623. The van der Waals surface area contributed by atoms with E-state index in [-0.39, 0.29) is 11.9 Å². The molecule has 1 atom stereocenters. The lowest BCUT2D eigenvalue weighted by atomic mass is 10.0. The van der Waals surface area contributed by atoms with Gasteiger partial charge in [-0.3, -0.25) is 4.79 Å². The summed E-state index contributed by atoms with van der Waals surface area (Å²) in [6, 6.07) is 8.07. The molecule has 0 saturated heterocycles. The molecule has 0 amide bonds. The van der Waals surface area contributed by atoms with Crippen LogP contribution in [0.1, 0.15) is 28.6 Å². The lowest BCUT2D eigenvalue weighted by molar-refractivity contribution is -0.140. The zero-order valence-corrected chi connectivity index (χ0v) is 12.0. The Morgan fingerprint density at radius 2 is 2.35 bits per heavy atom. The van der Waals surface area contributed by atoms with Gasteiger partial charge in [0.2, 0.25) is 0 Å². The first-order chi connectivity index (χ1) is 9.78. The zero-order valence-electron chi connectivity index (χ0n) is 11.2. The largest absolute Gasteiger partial charge is 0.492 e. The van der Waals surface area contributed by atoms with Crippen LogP contribution < -0.4 is 4.74 Å². The van der Waals surface area contributed by atoms with Gasteiger partial charge < -0.3 is 9.47 Å². The van der Waals surface area contributed by atoms with Crippen LogP contribution in [-0.4, -0.2) is 24.7 Å². The third-order valence-corrected chi connectivity index (χ3v) is 4.39. The molecule has 2 aromatic rings. The molecule has 0 spiro atoms. The average molecular weight is 289 g/mol. The third-order valence-electron chi connectivity index (χ3n) is 3.38. The van der Waals surface area contributed by atoms with Crippen molar-refractivity contribution in [2.75, 3.05) is 13.7 Å². The molecule has 3 rings (SSSR count). The molecule has 0 fully saturated rings. The quantitative estimate of drug-likeness (QED) is 0.812. The number of ether oxygens (including phenoxy) is 2. The number of aromatic nitrogens is 1. The number of benzene rings is 1. The normalized spacial score (nSPS) is 16.6. The third kappa shape index (κ3) is 2.54. The molecule has 0 N–H and O–H groups in total. The van der Waals surface area contributed by atoms with E-state index >= 15 is 0 Å². The topological polar surface area (TPSA) is 48.4 Å². The molecule has 0 saturated carbocycles. The molecule has 4 nitrogen and oxygen atoms in total. The van der Waals surface area contributed by atoms with Crippen LogP contribution in [0, 0.1) is 0 Å². The maximum atomic E-state index is 11.1. The highest BCUT2D eigenvalue weighted by molar-refractivity contribution is 7.09. The minimum Gasteiger partial charge on any atom is -0.492 e. The van der Waals surface area contributed by atoms with Crippen molar-refractivity contribution in [3.63, 3.8) is 0 Å². The molecule has 2 heterocycles. The fraction of sp³-hybridized carbons (Fsp3) is 0.333. The van der Waals surface area contributed by atoms with Crippen molar-refractivity contribution in [1.82, 2.24) is 4.98 Å². The summed E-state index contributed by atoms with van der Waals surface area (Å²) in [4.78, 5) is 15.8. The van der Waals surface area contributed by atoms with Crippen LogP contribution in [-0.2, 0) is 16.0 Å². The van der Waals surface area contributed by atoms with Crippen molar-refractivity contribution >= 4 is 17.3 Å². The first kappa shape index (κ1) is 13.1. The number of methoxy groups -OCH3 is 1. The highest BCUT2D eigenvalue weighted by Gasteiger charge is 2.27. The van der Waals surface area contributed by atoms with E-state index in [0.717, 1.165) is 16.5 Å². The van der Waals surface area contributed by atoms with Gasteiger partial charge in [0, 0.05) is 17.4 Å². The monoisotopic (exact) mass is 289 g/mol. The maximum Gasteiger partial charge on any atom is 0.305 e. The van der Waals surface area contributed by atoms with Crippen LogP contribution in [0.2, 0.25) is 0 Å². The smallest absolute Gasteiger partial charge is 0.305 e. The van der Waals surface area contributed by atoms with Gasteiger partial charge in [0.05, 0.1) is 25.1 Å². The molecule has 0 radical (unpaired) electrons. The number of hydrogen-bond acceptors (Lipinski definition) is 5. The van der Waals surface area contributed by atoms with E-state index in [1.54, 1.807) is 11.3 Å². The molecule has 1 aliphatic heterocycles. The van der Waals surface area contributed by atoms with Crippen LogP contribution in [0.25, 0.3) is 0 Å². The van der Waals surface area contributed by atoms with Gasteiger partial charge in [0.25, 0.3) is 0 Å². The predicted octanol–water partition coefficient (Wildman–Crippen LogP) is 2.77. The van der Waals surface area contributed by atoms with Gasteiger partial charge in [-0.25, -0.2) is 4.98 Å². The summed E-state index contributed by atoms with van der Waals surface area (Å²) >= 11 is 1.63. The van der Waals surface area contributed by atoms with E-state index in [1.807, 2.05) is 23.6 Å². The summed E-state index contributed by atoms with van der Waals surface area (Å²) in [7, 11) is 1.40. The number of carbonyl (C=O) groups is 1. The molecular formula is C15H15NO3S. The van der Waals surface area contributed by atoms with E-state index in [9.17, 15) is 4.79 Å². The highest BCUT2D eigenvalue weighted by atomic mass is 32.1. The van der Waals surface area contributed by atoms with Crippen molar-refractivity contribution < 1.29 is 14.3 Å². The van der Waals surface area contributed by atoms with Crippen LogP contribution in [0.15, 0.2) is 29.6 Å². The van der Waals surface area contributed by atoms with Gasteiger partial charge in [0.15, 0.2) is 0 Å². The SMILES string of the molecule is COC(=O)CCc1csc(C2COc3ccccc32)n1. The standard InChI is InChI=1S/C15H15NO3S/c1-18-14(17)7-6-10-9-20-15(16-10)12-8-19-13-5-3-2-4-11(12)13/h2-5,9,12H,6-8H2,1H3. The lowest BCUT2D eigenvalue weighted by Crippen LogP contribution is -2.04. The van der Waals surface area contributed by atoms with Gasteiger partial charge in [-0.05, 0) is 6.07 Å². The molecule has 5 heteroatoms. The van der Waals surface area contributed by atoms with Crippen LogP contribution >= 0.6 is 11.3 Å². The molecule has 20 heavy (non-hydrogen) atoms. The van der Waals surface area contributed by atoms with Gasteiger partial charge in [0.1, 0.15) is 17.4 Å². The van der Waals surface area contributed by atoms with Crippen molar-refractivity contribution in [2.45, 2.75) is 18.8 Å². The molecule has 1 aromatic carbocycles. The maximum absolute atomic E-state index is 11.1. The van der Waals surface area contributed by atoms with E-state index in [0.29, 0.717) is 19.4 Å². The summed E-state index contributed by atoms with van der Waals surface area (Å²) in [5.41, 5.74) is 2.14. The second kappa shape index (κ2) is 5.63. The number of esters is 1. The fourth-order valence-corrected chi connectivity index (χ4v) is 3.25. The number of nitrogens with zero attached hydrogens (tertiary/aromatic N) is 1. The first-order valence-electron chi connectivity index (χ1n) is 6.51. The first-order valence-corrected chi connectivity index (χ1v) is 7.38. The summed E-state index contributed by atoms with van der Waals surface area (Å²) in [5, 5.41) is 3.06. The number of aryl methyl sites for hydroxylation is 1. The zero-order chi connectivity index (χ0) is 13.9. The van der Waals surface area contributed by atoms with Crippen molar-refractivity contribution in [1.29, 1.82) is 0 Å². The van der Waals surface area contributed by atoms with Gasteiger partial charge in [-0.15, -0.1) is 11.3 Å². The van der Waals surface area contributed by atoms with Gasteiger partial charge >= 0.3 is 5.97 Å². The van der Waals surface area contributed by atoms with Crippen molar-refractivity contribution in [2.24, 2.45) is 0 Å². The Kier molecular flexibility index (Phi) is 3.69. The van der Waals surface area contributed by atoms with E-state index < -0.39 is 0 Å². The van der Waals surface area contributed by atoms with Gasteiger partial charge in [-0.2, -0.15) is 0 Å². The summed E-state index contributed by atoms with van der Waals surface area (Å²) in [6.45, 7) is 0.642. The summed E-state index contributed by atoms with van der Waals surface area (Å²) in [5.74, 6) is 0.959. The second-order valence-electron chi connectivity index (χ2n) is 4.65. The van der Waals surface area contributed by atoms with Crippen LogP contribution in [0.5, 0.6) is 5.75 Å². The summed E-state index contributed by atoms with van der Waals surface area (Å²) < 4.78 is 10.3. The molecular weight excluding hydrogens is 274 g/mol. The molecule has 1 unspecified atom stereocenters. The predicted molar refractivity (Wildman–Crippen MR) is 76.2 cm³/mol. The molecule has 0 aliphatic carbocycles.